The van der Waals surface area contributed by atoms with Crippen LogP contribution in [0, 0.1) is 0 Å². The summed E-state index contributed by atoms with van der Waals surface area (Å²) in [4.78, 5) is 74.5. The highest BCUT2D eigenvalue weighted by Crippen LogP contribution is 2.34. The Hall–Kier alpha value is -4.46. The molecule has 2 heterocycles. The zero-order valence-corrected chi connectivity index (χ0v) is 22.8. The summed E-state index contributed by atoms with van der Waals surface area (Å²) < 4.78 is 10.6. The largest absolute Gasteiger partial charge is 0.493 e. The van der Waals surface area contributed by atoms with Crippen molar-refractivity contribution in [2.75, 3.05) is 18.1 Å². The van der Waals surface area contributed by atoms with E-state index in [0.29, 0.717) is 10.6 Å². The standard InChI is InChI=1S/C26H29N3O10S/c1-26(2,3)39-25(37)27-17(23(33)34)10-11-38-16-8-6-15(7-9-16)29(20(31)14-30)18-13-28(22(18)32)21(24(35)36)19-5-4-12-40-19/h4-9,12,14,17-18,21H,10-11,13H2,1-3H3,(H,27,37)(H,33,34)(H,35,36). The minimum atomic E-state index is -1.27. The summed E-state index contributed by atoms with van der Waals surface area (Å²) in [5, 5.41) is 23.0. The number of nitrogens with one attached hydrogen (secondary N) is 1. The van der Waals surface area contributed by atoms with Gasteiger partial charge in [-0.3, -0.25) is 19.3 Å². The molecule has 3 unspecified atom stereocenters. The third-order valence-corrected chi connectivity index (χ3v) is 6.65. The average molecular weight is 576 g/mol. The molecular weight excluding hydrogens is 546 g/mol. The van der Waals surface area contributed by atoms with E-state index < -0.39 is 53.6 Å². The van der Waals surface area contributed by atoms with Crippen LogP contribution in [0.15, 0.2) is 41.8 Å². The number of rotatable bonds is 12. The molecular formula is C26H29N3O10S. The quantitative estimate of drug-likeness (QED) is 0.193. The van der Waals surface area contributed by atoms with Crippen molar-refractivity contribution >= 4 is 53.2 Å². The summed E-state index contributed by atoms with van der Waals surface area (Å²) in [7, 11) is 0. The smallest absolute Gasteiger partial charge is 0.408 e. The maximum atomic E-state index is 13.0. The molecule has 1 aliphatic heterocycles. The topological polar surface area (TPSA) is 180 Å². The van der Waals surface area contributed by atoms with E-state index in [4.69, 9.17) is 9.47 Å². The number of β-lactam (4-membered cyclic amide) rings is 1. The molecule has 214 valence electrons. The summed E-state index contributed by atoms with van der Waals surface area (Å²) in [6.07, 6.45) is -0.885. The molecule has 3 N–H and O–H groups in total. The number of hydrogen-bond donors (Lipinski definition) is 3. The summed E-state index contributed by atoms with van der Waals surface area (Å²) in [6.45, 7) is 4.76. The Morgan fingerprint density at radius 1 is 1.15 bits per heavy atom. The number of carbonyl (C=O) groups excluding carboxylic acids is 4. The van der Waals surface area contributed by atoms with Crippen molar-refractivity contribution in [3.63, 3.8) is 0 Å². The fraction of sp³-hybridized carbons (Fsp3) is 0.385. The van der Waals surface area contributed by atoms with Crippen LogP contribution in [0.1, 0.15) is 38.1 Å². The molecule has 3 rings (SSSR count). The van der Waals surface area contributed by atoms with Gasteiger partial charge in [0.1, 0.15) is 23.4 Å². The van der Waals surface area contributed by atoms with Crippen molar-refractivity contribution in [3.05, 3.63) is 46.7 Å². The molecule has 14 heteroatoms. The van der Waals surface area contributed by atoms with Gasteiger partial charge in [0.25, 0.3) is 5.91 Å². The molecule has 0 spiro atoms. The van der Waals surface area contributed by atoms with Crippen LogP contribution >= 0.6 is 11.3 Å². The first-order valence-corrected chi connectivity index (χ1v) is 13.0. The SMILES string of the molecule is CC(C)(C)OC(=O)NC(CCOc1ccc(N(C(=O)C=O)C2CN(C(C(=O)O)c3cccs3)C2=O)cc1)C(=O)O. The Morgan fingerprint density at radius 2 is 1.82 bits per heavy atom. The summed E-state index contributed by atoms with van der Waals surface area (Å²) >= 11 is 1.19. The number of nitrogens with zero attached hydrogens (tertiary/aromatic N) is 2. The van der Waals surface area contributed by atoms with E-state index in [2.05, 4.69) is 5.32 Å². The minimum Gasteiger partial charge on any atom is -0.493 e. The molecule has 40 heavy (non-hydrogen) atoms. The van der Waals surface area contributed by atoms with E-state index in [0.717, 1.165) is 9.80 Å². The third-order valence-electron chi connectivity index (χ3n) is 5.73. The van der Waals surface area contributed by atoms with Crippen LogP contribution in [-0.4, -0.2) is 82.1 Å². The molecule has 1 aliphatic rings. The fourth-order valence-electron chi connectivity index (χ4n) is 3.94. The lowest BCUT2D eigenvalue weighted by Gasteiger charge is -2.45. The number of anilines is 1. The molecule has 0 saturated carbocycles. The Bertz CT molecular complexity index is 1260. The van der Waals surface area contributed by atoms with Gasteiger partial charge in [-0.2, -0.15) is 0 Å². The number of aliphatic carboxylic acids is 2. The second-order valence-electron chi connectivity index (χ2n) is 9.76. The molecule has 0 aliphatic carbocycles. The number of thiophene rings is 1. The van der Waals surface area contributed by atoms with Crippen molar-refractivity contribution in [1.29, 1.82) is 0 Å². The number of benzene rings is 1. The normalized spacial score (nSPS) is 16.2. The first-order valence-electron chi connectivity index (χ1n) is 12.1. The van der Waals surface area contributed by atoms with E-state index in [1.54, 1.807) is 38.3 Å². The highest BCUT2D eigenvalue weighted by molar-refractivity contribution is 7.10. The number of carbonyl (C=O) groups is 6. The van der Waals surface area contributed by atoms with Crippen molar-refractivity contribution in [2.45, 2.75) is 50.9 Å². The van der Waals surface area contributed by atoms with Gasteiger partial charge in [0.15, 0.2) is 6.04 Å². The van der Waals surface area contributed by atoms with Crippen molar-refractivity contribution in [3.8, 4) is 5.75 Å². The van der Waals surface area contributed by atoms with Crippen LogP contribution in [0.25, 0.3) is 0 Å². The van der Waals surface area contributed by atoms with Crippen LogP contribution in [0.5, 0.6) is 5.75 Å². The molecule has 3 amide bonds. The van der Waals surface area contributed by atoms with Crippen LogP contribution in [0.4, 0.5) is 10.5 Å². The average Bonchev–Trinajstić information content (AvgIpc) is 3.40. The Kier molecular flexibility index (Phi) is 9.47. The van der Waals surface area contributed by atoms with E-state index in [-0.39, 0.29) is 31.5 Å². The predicted octanol–water partition coefficient (Wildman–Crippen LogP) is 2.06. The van der Waals surface area contributed by atoms with Gasteiger partial charge >= 0.3 is 18.0 Å². The molecule has 3 atom stereocenters. The number of ether oxygens (including phenoxy) is 2. The van der Waals surface area contributed by atoms with Gasteiger partial charge in [-0.15, -0.1) is 11.3 Å². The molecule has 13 nitrogen and oxygen atoms in total. The Morgan fingerprint density at radius 3 is 2.33 bits per heavy atom. The first kappa shape index (κ1) is 30.1. The van der Waals surface area contributed by atoms with Crippen LogP contribution in [-0.2, 0) is 28.7 Å². The van der Waals surface area contributed by atoms with Gasteiger partial charge in [-0.05, 0) is 56.5 Å². The maximum absolute atomic E-state index is 13.0. The number of amides is 3. The molecule has 1 aromatic heterocycles. The highest BCUT2D eigenvalue weighted by Gasteiger charge is 2.49. The maximum Gasteiger partial charge on any atom is 0.408 e. The number of hydrogen-bond acceptors (Lipinski definition) is 9. The minimum absolute atomic E-state index is 0.0675. The number of aldehydes is 1. The second-order valence-corrected chi connectivity index (χ2v) is 10.7. The zero-order valence-electron chi connectivity index (χ0n) is 21.9. The Labute approximate surface area is 233 Å². The number of carboxylic acids is 2. The van der Waals surface area contributed by atoms with Crippen LogP contribution in [0.2, 0.25) is 0 Å². The summed E-state index contributed by atoms with van der Waals surface area (Å²) in [5.41, 5.74) is -0.588. The van der Waals surface area contributed by atoms with Gasteiger partial charge in [0.2, 0.25) is 12.2 Å². The first-order chi connectivity index (χ1) is 18.8. The molecule has 2 aromatic rings. The molecule has 1 aromatic carbocycles. The number of alkyl carbamates (subject to hydrolysis) is 1. The van der Waals surface area contributed by atoms with Crippen molar-refractivity contribution in [2.24, 2.45) is 0 Å². The Balaban J connectivity index is 1.63. The van der Waals surface area contributed by atoms with E-state index in [1.165, 1.54) is 35.6 Å². The fourth-order valence-corrected chi connectivity index (χ4v) is 4.76. The van der Waals surface area contributed by atoms with Gasteiger partial charge in [-0.25, -0.2) is 14.4 Å². The van der Waals surface area contributed by atoms with Gasteiger partial charge in [0.05, 0.1) is 13.2 Å². The lowest BCUT2D eigenvalue weighted by Crippen LogP contribution is -2.66. The lowest BCUT2D eigenvalue weighted by molar-refractivity contribution is -0.158. The monoisotopic (exact) mass is 575 g/mol. The van der Waals surface area contributed by atoms with E-state index in [9.17, 15) is 39.0 Å². The van der Waals surface area contributed by atoms with E-state index in [1.807, 2.05) is 0 Å². The van der Waals surface area contributed by atoms with Gasteiger partial charge < -0.3 is 29.9 Å². The van der Waals surface area contributed by atoms with E-state index >= 15 is 0 Å². The predicted molar refractivity (Wildman–Crippen MR) is 141 cm³/mol. The summed E-state index contributed by atoms with van der Waals surface area (Å²) in [6, 6.07) is 5.54. The molecule has 1 fully saturated rings. The lowest BCUT2D eigenvalue weighted by atomic mass is 10.00. The summed E-state index contributed by atoms with van der Waals surface area (Å²) in [5.74, 6) is -3.78. The van der Waals surface area contributed by atoms with Crippen LogP contribution in [0.3, 0.4) is 0 Å². The van der Waals surface area contributed by atoms with Crippen molar-refractivity contribution in [1.82, 2.24) is 10.2 Å². The van der Waals surface area contributed by atoms with Gasteiger partial charge in [-0.1, -0.05) is 6.07 Å². The number of carboxylic acid groups (broad SMARTS) is 2. The van der Waals surface area contributed by atoms with Gasteiger partial charge in [0, 0.05) is 17.0 Å². The van der Waals surface area contributed by atoms with Crippen molar-refractivity contribution < 1.29 is 48.5 Å². The van der Waals surface area contributed by atoms with Crippen LogP contribution < -0.4 is 15.0 Å². The molecule has 0 radical (unpaired) electrons. The second kappa shape index (κ2) is 12.6. The zero-order chi connectivity index (χ0) is 29.6. The molecule has 0 bridgehead atoms. The molecule has 1 saturated heterocycles. The highest BCUT2D eigenvalue weighted by atomic mass is 32.1. The number of likely N-dealkylation sites (tertiary alicyclic amines) is 1. The third kappa shape index (κ3) is 7.34.